The molecule has 2 heterocycles. The molecule has 1 aliphatic heterocycles. The first kappa shape index (κ1) is 25.6. The molecular weight excluding hydrogens is 476 g/mol. The lowest BCUT2D eigenvalue weighted by Gasteiger charge is -2.31. The maximum atomic E-state index is 13.0. The Balaban J connectivity index is 1.40. The summed E-state index contributed by atoms with van der Waals surface area (Å²) in [6.07, 6.45) is 1.81. The van der Waals surface area contributed by atoms with Crippen molar-refractivity contribution in [2.24, 2.45) is 0 Å². The van der Waals surface area contributed by atoms with Crippen LogP contribution in [0.15, 0.2) is 59.0 Å². The van der Waals surface area contributed by atoms with Gasteiger partial charge in [-0.3, -0.25) is 9.59 Å². The molecule has 9 heteroatoms. The van der Waals surface area contributed by atoms with Gasteiger partial charge in [-0.15, -0.1) is 22.0 Å². The Morgan fingerprint density at radius 3 is 2.69 bits per heavy atom. The van der Waals surface area contributed by atoms with Crippen molar-refractivity contribution in [1.82, 2.24) is 20.4 Å². The number of nitrogens with zero attached hydrogens (tertiary/aromatic N) is 3. The van der Waals surface area contributed by atoms with Crippen molar-refractivity contribution < 1.29 is 18.8 Å². The lowest BCUT2D eigenvalue weighted by molar-refractivity contribution is -0.135. The van der Waals surface area contributed by atoms with Gasteiger partial charge in [0.1, 0.15) is 18.4 Å². The summed E-state index contributed by atoms with van der Waals surface area (Å²) in [5.74, 6) is -0.0357. The highest BCUT2D eigenvalue weighted by Gasteiger charge is 2.39. The minimum Gasteiger partial charge on any atom is -0.425 e. The van der Waals surface area contributed by atoms with Gasteiger partial charge in [-0.05, 0) is 25.0 Å². The van der Waals surface area contributed by atoms with Gasteiger partial charge in [-0.25, -0.2) is 0 Å². The van der Waals surface area contributed by atoms with Crippen LogP contribution in [0, 0.1) is 6.92 Å². The zero-order valence-electron chi connectivity index (χ0n) is 20.6. The van der Waals surface area contributed by atoms with Crippen molar-refractivity contribution in [1.29, 1.82) is 0 Å². The Morgan fingerprint density at radius 2 is 1.97 bits per heavy atom. The molecule has 3 aromatic rings. The molecule has 4 rings (SSSR count). The predicted molar refractivity (Wildman–Crippen MR) is 137 cm³/mol. The molecule has 1 saturated heterocycles. The number of aryl methyl sites for hydroxylation is 1. The summed E-state index contributed by atoms with van der Waals surface area (Å²) in [6, 6.07) is 17.9. The fourth-order valence-electron chi connectivity index (χ4n) is 4.18. The third-order valence-electron chi connectivity index (χ3n) is 6.48. The number of rotatable bonds is 10. The standard InChI is InChI=1S/C27H30N4O4S/c1-18-8-7-11-21(12-18)13-23-29-30-26(35-23)19(2)27(3,17-32)28-22(33)15-31-24(34)16-36-25(31)14-20-9-5-4-6-10-20/h4-12,17,19,25H,13-16H2,1-3H3,(H,28,33)/t19?,25?,27-/m1/s1. The van der Waals surface area contributed by atoms with Crippen LogP contribution in [0.1, 0.15) is 48.2 Å². The first-order valence-corrected chi connectivity index (χ1v) is 12.9. The average Bonchev–Trinajstić information content (AvgIpc) is 3.46. The van der Waals surface area contributed by atoms with Crippen LogP contribution in [0.25, 0.3) is 0 Å². The molecule has 8 nitrogen and oxygen atoms in total. The fraction of sp³-hybridized carbons (Fsp3) is 0.370. The Hall–Kier alpha value is -3.46. The van der Waals surface area contributed by atoms with Gasteiger partial charge in [-0.2, -0.15) is 0 Å². The van der Waals surface area contributed by atoms with Crippen molar-refractivity contribution in [2.45, 2.75) is 50.4 Å². The van der Waals surface area contributed by atoms with Gasteiger partial charge in [0.05, 0.1) is 23.5 Å². The van der Waals surface area contributed by atoms with Crippen LogP contribution < -0.4 is 5.32 Å². The van der Waals surface area contributed by atoms with E-state index in [1.54, 1.807) is 18.7 Å². The highest BCUT2D eigenvalue weighted by atomic mass is 32.2. The Kier molecular flexibility index (Phi) is 7.88. The predicted octanol–water partition coefficient (Wildman–Crippen LogP) is 3.29. The van der Waals surface area contributed by atoms with Gasteiger partial charge < -0.3 is 19.4 Å². The van der Waals surface area contributed by atoms with Gasteiger partial charge in [0.2, 0.25) is 23.6 Å². The Labute approximate surface area is 214 Å². The highest BCUT2D eigenvalue weighted by molar-refractivity contribution is 8.01. The van der Waals surface area contributed by atoms with Crippen LogP contribution in [0.3, 0.4) is 0 Å². The van der Waals surface area contributed by atoms with E-state index in [4.69, 9.17) is 4.42 Å². The molecule has 0 bridgehead atoms. The number of aldehydes is 1. The summed E-state index contributed by atoms with van der Waals surface area (Å²) in [5.41, 5.74) is 1.99. The molecule has 1 aliphatic rings. The number of aromatic nitrogens is 2. The largest absolute Gasteiger partial charge is 0.425 e. The second-order valence-corrected chi connectivity index (χ2v) is 10.5. The topological polar surface area (TPSA) is 105 Å². The molecule has 1 aromatic heterocycles. The fourth-order valence-corrected chi connectivity index (χ4v) is 5.36. The molecular formula is C27H30N4O4S. The number of hydrogen-bond donors (Lipinski definition) is 1. The molecule has 3 atom stereocenters. The zero-order chi connectivity index (χ0) is 25.7. The average molecular weight is 507 g/mol. The van der Waals surface area contributed by atoms with E-state index in [2.05, 4.69) is 15.5 Å². The number of thioether (sulfide) groups is 1. The van der Waals surface area contributed by atoms with Crippen LogP contribution in [0.2, 0.25) is 0 Å². The maximum Gasteiger partial charge on any atom is 0.240 e. The van der Waals surface area contributed by atoms with Gasteiger partial charge in [-0.1, -0.05) is 67.1 Å². The second kappa shape index (κ2) is 11.1. The van der Waals surface area contributed by atoms with Gasteiger partial charge >= 0.3 is 0 Å². The van der Waals surface area contributed by atoms with Crippen molar-refractivity contribution in [2.75, 3.05) is 12.3 Å². The van der Waals surface area contributed by atoms with E-state index in [1.165, 1.54) is 11.8 Å². The molecule has 2 aromatic carbocycles. The number of benzene rings is 2. The molecule has 2 unspecified atom stereocenters. The highest BCUT2D eigenvalue weighted by Crippen LogP contribution is 2.29. The SMILES string of the molecule is Cc1cccc(Cc2nnc(C(C)[C@@](C)(C=O)NC(=O)CN3C(=O)CSC3Cc3ccccc3)o2)c1. The van der Waals surface area contributed by atoms with E-state index >= 15 is 0 Å². The Morgan fingerprint density at radius 1 is 1.22 bits per heavy atom. The van der Waals surface area contributed by atoms with E-state index < -0.39 is 17.4 Å². The first-order valence-electron chi connectivity index (χ1n) is 11.9. The third kappa shape index (κ3) is 6.02. The van der Waals surface area contributed by atoms with Crippen molar-refractivity contribution >= 4 is 29.9 Å². The second-order valence-electron chi connectivity index (χ2n) is 9.35. The van der Waals surface area contributed by atoms with Crippen molar-refractivity contribution in [3.8, 4) is 0 Å². The van der Waals surface area contributed by atoms with E-state index in [-0.39, 0.29) is 23.7 Å². The lowest BCUT2D eigenvalue weighted by atomic mass is 9.88. The van der Waals surface area contributed by atoms with Crippen molar-refractivity contribution in [3.05, 3.63) is 83.1 Å². The summed E-state index contributed by atoms with van der Waals surface area (Å²) >= 11 is 1.52. The summed E-state index contributed by atoms with van der Waals surface area (Å²) in [4.78, 5) is 39.2. The maximum absolute atomic E-state index is 13.0. The first-order chi connectivity index (χ1) is 17.3. The number of hydrogen-bond acceptors (Lipinski definition) is 7. The number of carbonyl (C=O) groups excluding carboxylic acids is 3. The third-order valence-corrected chi connectivity index (χ3v) is 7.70. The molecule has 0 aliphatic carbocycles. The monoisotopic (exact) mass is 506 g/mol. The van der Waals surface area contributed by atoms with Gasteiger partial charge in [0.25, 0.3) is 0 Å². The molecule has 2 amide bonds. The van der Waals surface area contributed by atoms with E-state index in [9.17, 15) is 14.4 Å². The van der Waals surface area contributed by atoms with Crippen LogP contribution in [0.4, 0.5) is 0 Å². The van der Waals surface area contributed by atoms with Gasteiger partial charge in [0, 0.05) is 6.42 Å². The molecule has 0 radical (unpaired) electrons. The summed E-state index contributed by atoms with van der Waals surface area (Å²) < 4.78 is 5.85. The zero-order valence-corrected chi connectivity index (χ0v) is 21.5. The summed E-state index contributed by atoms with van der Waals surface area (Å²) in [5, 5.41) is 10.9. The number of amides is 2. The minimum atomic E-state index is -1.28. The normalized spacial score (nSPS) is 18.0. The number of carbonyl (C=O) groups is 3. The molecule has 0 saturated carbocycles. The molecule has 36 heavy (non-hydrogen) atoms. The minimum absolute atomic E-state index is 0.0883. The molecule has 0 spiro atoms. The van der Waals surface area contributed by atoms with Crippen LogP contribution in [-0.4, -0.2) is 56.4 Å². The molecule has 1 fully saturated rings. The van der Waals surface area contributed by atoms with Gasteiger partial charge in [0.15, 0.2) is 0 Å². The lowest BCUT2D eigenvalue weighted by Crippen LogP contribution is -2.54. The van der Waals surface area contributed by atoms with Crippen LogP contribution >= 0.6 is 11.8 Å². The number of nitrogens with one attached hydrogen (secondary N) is 1. The molecule has 188 valence electrons. The van der Waals surface area contributed by atoms with Crippen LogP contribution in [-0.2, 0) is 27.2 Å². The molecule has 1 N–H and O–H groups in total. The van der Waals surface area contributed by atoms with Crippen molar-refractivity contribution in [3.63, 3.8) is 0 Å². The summed E-state index contributed by atoms with van der Waals surface area (Å²) in [6.45, 7) is 5.27. The van der Waals surface area contributed by atoms with E-state index in [0.717, 1.165) is 16.7 Å². The van der Waals surface area contributed by atoms with E-state index in [1.807, 2.05) is 61.5 Å². The van der Waals surface area contributed by atoms with Crippen LogP contribution in [0.5, 0.6) is 0 Å². The van der Waals surface area contributed by atoms with E-state index in [0.29, 0.717) is 30.8 Å². The summed E-state index contributed by atoms with van der Waals surface area (Å²) in [7, 11) is 0. The Bertz CT molecular complexity index is 1230. The quantitative estimate of drug-likeness (QED) is 0.421. The smallest absolute Gasteiger partial charge is 0.240 e.